The fourth-order valence-electron chi connectivity index (χ4n) is 0.891. The maximum Gasteiger partial charge on any atom is 0.242 e. The van der Waals surface area contributed by atoms with Gasteiger partial charge in [-0.3, -0.25) is 4.79 Å². The first-order chi connectivity index (χ1) is 7.11. The van der Waals surface area contributed by atoms with Gasteiger partial charge in [-0.2, -0.15) is 5.10 Å². The molecule has 0 aromatic heterocycles. The van der Waals surface area contributed by atoms with Crippen LogP contribution in [0.15, 0.2) is 29.4 Å². The minimum absolute atomic E-state index is 0.105. The van der Waals surface area contributed by atoms with Crippen molar-refractivity contribution in [2.24, 2.45) is 11.0 Å². The van der Waals surface area contributed by atoms with Crippen LogP contribution in [-0.2, 0) is 4.79 Å². The van der Waals surface area contributed by atoms with E-state index in [9.17, 15) is 9.90 Å². The summed E-state index contributed by atoms with van der Waals surface area (Å²) in [6.07, 6.45) is 1.41. The van der Waals surface area contributed by atoms with Crippen LogP contribution >= 0.6 is 0 Å². The van der Waals surface area contributed by atoms with Gasteiger partial charge >= 0.3 is 0 Å². The van der Waals surface area contributed by atoms with Gasteiger partial charge in [-0.15, -0.1) is 0 Å². The Labute approximate surface area is 88.6 Å². The lowest BCUT2D eigenvalue weighted by atomic mass is 10.2. The molecule has 80 valence electrons. The minimum atomic E-state index is -0.151. The molecule has 1 amide bonds. The van der Waals surface area contributed by atoms with Gasteiger partial charge in [0.2, 0.25) is 5.91 Å². The quantitative estimate of drug-likeness (QED) is 0.581. The van der Waals surface area contributed by atoms with Gasteiger partial charge in [0.1, 0.15) is 5.75 Å². The van der Waals surface area contributed by atoms with Gasteiger partial charge in [0.25, 0.3) is 0 Å². The highest BCUT2D eigenvalue weighted by Gasteiger charge is 2.03. The molecule has 4 heteroatoms. The Morgan fingerprint density at radius 2 is 2.13 bits per heavy atom. The molecule has 0 aliphatic heterocycles. The smallest absolute Gasteiger partial charge is 0.242 e. The lowest BCUT2D eigenvalue weighted by Gasteiger charge is -2.01. The molecule has 15 heavy (non-hydrogen) atoms. The second-order valence-electron chi connectivity index (χ2n) is 3.45. The molecule has 0 saturated carbocycles. The van der Waals surface area contributed by atoms with Crippen molar-refractivity contribution in [3.63, 3.8) is 0 Å². The molecule has 4 nitrogen and oxygen atoms in total. The summed E-state index contributed by atoms with van der Waals surface area (Å²) in [5.74, 6) is -0.117. The van der Waals surface area contributed by atoms with E-state index in [1.807, 2.05) is 0 Å². The highest BCUT2D eigenvalue weighted by molar-refractivity contribution is 5.85. The van der Waals surface area contributed by atoms with Crippen molar-refractivity contribution in [2.75, 3.05) is 0 Å². The van der Waals surface area contributed by atoms with Crippen LogP contribution in [0.2, 0.25) is 0 Å². The third-order valence-electron chi connectivity index (χ3n) is 1.84. The van der Waals surface area contributed by atoms with E-state index >= 15 is 0 Å². The van der Waals surface area contributed by atoms with E-state index < -0.39 is 0 Å². The van der Waals surface area contributed by atoms with Crippen molar-refractivity contribution in [3.8, 4) is 5.75 Å². The summed E-state index contributed by atoms with van der Waals surface area (Å²) in [5, 5.41) is 13.1. The molecule has 0 spiro atoms. The fourth-order valence-corrected chi connectivity index (χ4v) is 0.891. The number of amides is 1. The van der Waals surface area contributed by atoms with Gasteiger partial charge < -0.3 is 5.11 Å². The average Bonchev–Trinajstić information content (AvgIpc) is 2.20. The fraction of sp³-hybridized carbons (Fsp3) is 0.273. The summed E-state index contributed by atoms with van der Waals surface area (Å²) in [6, 6.07) is 6.77. The van der Waals surface area contributed by atoms with E-state index in [2.05, 4.69) is 10.5 Å². The number of para-hydroxylation sites is 1. The van der Waals surface area contributed by atoms with Gasteiger partial charge in [0.15, 0.2) is 0 Å². The van der Waals surface area contributed by atoms with Crippen LogP contribution in [0.1, 0.15) is 19.4 Å². The minimum Gasteiger partial charge on any atom is -0.507 e. The van der Waals surface area contributed by atoms with Crippen molar-refractivity contribution in [1.29, 1.82) is 0 Å². The molecule has 1 aromatic carbocycles. The summed E-state index contributed by atoms with van der Waals surface area (Å²) >= 11 is 0. The predicted octanol–water partition coefficient (Wildman–Crippen LogP) is 1.50. The second-order valence-corrected chi connectivity index (χ2v) is 3.45. The molecule has 2 N–H and O–H groups in total. The molecule has 0 aliphatic rings. The highest BCUT2D eigenvalue weighted by atomic mass is 16.3. The molecule has 0 radical (unpaired) electrons. The third kappa shape index (κ3) is 3.42. The average molecular weight is 206 g/mol. The van der Waals surface area contributed by atoms with Crippen LogP contribution in [0, 0.1) is 5.92 Å². The van der Waals surface area contributed by atoms with Crippen LogP contribution in [0.5, 0.6) is 5.75 Å². The van der Waals surface area contributed by atoms with E-state index in [-0.39, 0.29) is 17.6 Å². The number of aromatic hydroxyl groups is 1. The maximum atomic E-state index is 11.1. The molecule has 0 bridgehead atoms. The maximum absolute atomic E-state index is 11.1. The first-order valence-corrected chi connectivity index (χ1v) is 4.72. The number of nitrogens with one attached hydrogen (secondary N) is 1. The lowest BCUT2D eigenvalue weighted by molar-refractivity contribution is -0.123. The van der Waals surface area contributed by atoms with E-state index in [1.165, 1.54) is 6.21 Å². The number of phenols is 1. The van der Waals surface area contributed by atoms with E-state index in [0.717, 1.165) is 0 Å². The summed E-state index contributed by atoms with van der Waals surface area (Å²) < 4.78 is 0. The summed E-state index contributed by atoms with van der Waals surface area (Å²) in [5.41, 5.74) is 2.95. The van der Waals surface area contributed by atoms with Crippen LogP contribution in [0.3, 0.4) is 0 Å². The zero-order valence-electron chi connectivity index (χ0n) is 8.77. The molecular formula is C11H14N2O2. The molecule has 0 atom stereocenters. The van der Waals surface area contributed by atoms with Crippen molar-refractivity contribution in [2.45, 2.75) is 13.8 Å². The van der Waals surface area contributed by atoms with E-state index in [0.29, 0.717) is 5.56 Å². The number of nitrogens with zero attached hydrogens (tertiary/aromatic N) is 1. The van der Waals surface area contributed by atoms with Crippen LogP contribution < -0.4 is 5.43 Å². The summed E-state index contributed by atoms with van der Waals surface area (Å²) in [6.45, 7) is 3.57. The zero-order valence-corrected chi connectivity index (χ0v) is 8.77. The monoisotopic (exact) mass is 206 g/mol. The molecule has 0 aliphatic carbocycles. The number of hydrogen-bond acceptors (Lipinski definition) is 3. The molecule has 1 rings (SSSR count). The Balaban J connectivity index is 2.59. The molecule has 0 unspecified atom stereocenters. The highest BCUT2D eigenvalue weighted by Crippen LogP contribution is 2.12. The number of rotatable bonds is 3. The lowest BCUT2D eigenvalue weighted by Crippen LogP contribution is -2.22. The Kier molecular flexibility index (Phi) is 3.85. The van der Waals surface area contributed by atoms with Gasteiger partial charge in [-0.25, -0.2) is 5.43 Å². The number of carbonyl (C=O) groups excluding carboxylic acids is 1. The van der Waals surface area contributed by atoms with Crippen molar-refractivity contribution < 1.29 is 9.90 Å². The Morgan fingerprint density at radius 1 is 1.47 bits per heavy atom. The van der Waals surface area contributed by atoms with Crippen molar-refractivity contribution >= 4 is 12.1 Å². The Bertz CT molecular complexity index is 373. The first kappa shape index (κ1) is 11.2. The Morgan fingerprint density at radius 3 is 2.73 bits per heavy atom. The molecule has 1 aromatic rings. The number of phenolic OH excluding ortho intramolecular Hbond substituents is 1. The normalized spacial score (nSPS) is 10.9. The largest absolute Gasteiger partial charge is 0.507 e. The van der Waals surface area contributed by atoms with Crippen LogP contribution in [-0.4, -0.2) is 17.2 Å². The van der Waals surface area contributed by atoms with E-state index in [4.69, 9.17) is 0 Å². The molecule has 0 heterocycles. The van der Waals surface area contributed by atoms with Gasteiger partial charge in [-0.05, 0) is 12.1 Å². The number of hydrazone groups is 1. The molecule has 0 fully saturated rings. The third-order valence-corrected chi connectivity index (χ3v) is 1.84. The Hall–Kier alpha value is -1.84. The molecular weight excluding hydrogens is 192 g/mol. The predicted molar refractivity (Wildman–Crippen MR) is 58.7 cm³/mol. The number of carbonyl (C=O) groups is 1. The topological polar surface area (TPSA) is 61.7 Å². The van der Waals surface area contributed by atoms with Crippen LogP contribution in [0.4, 0.5) is 0 Å². The number of benzene rings is 1. The van der Waals surface area contributed by atoms with Gasteiger partial charge in [-0.1, -0.05) is 26.0 Å². The van der Waals surface area contributed by atoms with Crippen molar-refractivity contribution in [1.82, 2.24) is 5.43 Å². The van der Waals surface area contributed by atoms with Gasteiger partial charge in [0.05, 0.1) is 6.21 Å². The summed E-state index contributed by atoms with van der Waals surface area (Å²) in [7, 11) is 0. The van der Waals surface area contributed by atoms with Crippen molar-refractivity contribution in [3.05, 3.63) is 29.8 Å². The second kappa shape index (κ2) is 5.14. The van der Waals surface area contributed by atoms with Crippen LogP contribution in [0.25, 0.3) is 0 Å². The standard InChI is InChI=1S/C11H14N2O2/c1-8(2)11(15)13-12-7-9-5-3-4-6-10(9)14/h3-8,14H,1-2H3,(H,13,15)/b12-7+. The van der Waals surface area contributed by atoms with Gasteiger partial charge in [0, 0.05) is 11.5 Å². The van der Waals surface area contributed by atoms with E-state index in [1.54, 1.807) is 38.1 Å². The zero-order chi connectivity index (χ0) is 11.3. The SMILES string of the molecule is CC(C)C(=O)N/N=C/c1ccccc1O. The summed E-state index contributed by atoms with van der Waals surface area (Å²) in [4.78, 5) is 11.1. The first-order valence-electron chi connectivity index (χ1n) is 4.72. The number of hydrogen-bond donors (Lipinski definition) is 2. The molecule has 0 saturated heterocycles.